The lowest BCUT2D eigenvalue weighted by atomic mass is 10.0. The van der Waals surface area contributed by atoms with E-state index in [-0.39, 0.29) is 32.6 Å². The molecule has 0 radical (unpaired) electrons. The van der Waals surface area contributed by atoms with Crippen molar-refractivity contribution in [1.29, 1.82) is 0 Å². The molecule has 2 atom stereocenters. The Morgan fingerprint density at radius 2 is 0.632 bits per heavy atom. The molecule has 496 valence electrons. The van der Waals surface area contributed by atoms with Crippen LogP contribution in [0.3, 0.4) is 0 Å². The number of hydrogen-bond donors (Lipinski definition) is 2. The molecule has 0 aliphatic carbocycles. The summed E-state index contributed by atoms with van der Waals surface area (Å²) in [5.74, 6) is -0.880. The Hall–Kier alpha value is -4.11. The van der Waals surface area contributed by atoms with E-state index in [9.17, 15) is 19.0 Å². The average Bonchev–Trinajstić information content (AvgIpc) is 3.64. The van der Waals surface area contributed by atoms with Gasteiger partial charge >= 0.3 is 19.8 Å². The van der Waals surface area contributed by atoms with Crippen LogP contribution in [0.2, 0.25) is 0 Å². The maximum Gasteiger partial charge on any atom is 0.472 e. The molecule has 0 bridgehead atoms. The van der Waals surface area contributed by atoms with Gasteiger partial charge in [0.1, 0.15) is 6.61 Å². The van der Waals surface area contributed by atoms with Gasteiger partial charge in [0.2, 0.25) is 0 Å². The quantitative estimate of drug-likeness (QED) is 0.0264. The fourth-order valence-corrected chi connectivity index (χ4v) is 10.3. The Balaban J connectivity index is 3.99. The van der Waals surface area contributed by atoms with Crippen LogP contribution in [0.1, 0.15) is 296 Å². The fraction of sp³-hybridized carbons (Fsp3) is 0.662. The summed E-state index contributed by atoms with van der Waals surface area (Å²) in [5, 5.41) is 0. The molecule has 0 rings (SSSR count). The first kappa shape index (κ1) is 82.9. The van der Waals surface area contributed by atoms with Crippen LogP contribution in [0, 0.1) is 0 Å². The van der Waals surface area contributed by atoms with Crippen molar-refractivity contribution in [1.82, 2.24) is 0 Å². The minimum atomic E-state index is -4.42. The van der Waals surface area contributed by atoms with Crippen molar-refractivity contribution in [2.75, 3.05) is 26.4 Å². The van der Waals surface area contributed by atoms with E-state index in [1.165, 1.54) is 161 Å². The van der Waals surface area contributed by atoms with Gasteiger partial charge in [0, 0.05) is 19.4 Å². The predicted octanol–water partition coefficient (Wildman–Crippen LogP) is 23.4. The summed E-state index contributed by atoms with van der Waals surface area (Å²) in [7, 11) is -4.42. The van der Waals surface area contributed by atoms with Crippen LogP contribution in [0.4, 0.5) is 0 Å². The molecule has 0 saturated carbocycles. The Morgan fingerprint density at radius 3 is 0.966 bits per heavy atom. The lowest BCUT2D eigenvalue weighted by molar-refractivity contribution is -0.161. The number of nitrogens with two attached hydrogens (primary N) is 1. The predicted molar refractivity (Wildman–Crippen MR) is 376 cm³/mol. The topological polar surface area (TPSA) is 134 Å². The van der Waals surface area contributed by atoms with Gasteiger partial charge in [-0.1, -0.05) is 307 Å². The summed E-state index contributed by atoms with van der Waals surface area (Å²) in [6, 6.07) is 0. The normalized spacial score (nSPS) is 13.8. The van der Waals surface area contributed by atoms with Crippen LogP contribution in [0.25, 0.3) is 0 Å². The molecule has 10 heteroatoms. The second-order valence-electron chi connectivity index (χ2n) is 23.0. The summed E-state index contributed by atoms with van der Waals surface area (Å²) in [6.07, 6.45) is 102. The van der Waals surface area contributed by atoms with E-state index in [0.29, 0.717) is 6.42 Å². The number of phosphoric acid groups is 1. The van der Waals surface area contributed by atoms with Gasteiger partial charge in [0.05, 0.1) is 13.2 Å². The highest BCUT2D eigenvalue weighted by Crippen LogP contribution is 2.43. The van der Waals surface area contributed by atoms with Crippen LogP contribution in [0.5, 0.6) is 0 Å². The number of ether oxygens (including phenoxy) is 2. The van der Waals surface area contributed by atoms with Crippen LogP contribution < -0.4 is 5.73 Å². The van der Waals surface area contributed by atoms with Gasteiger partial charge in [-0.05, 0) is 122 Å². The number of hydrogen-bond acceptors (Lipinski definition) is 8. The third-order valence-corrected chi connectivity index (χ3v) is 15.7. The molecular formula is C77H130NO8P. The molecule has 0 saturated heterocycles. The van der Waals surface area contributed by atoms with E-state index in [0.717, 1.165) is 103 Å². The van der Waals surface area contributed by atoms with Gasteiger partial charge in [-0.25, -0.2) is 4.57 Å². The SMILES string of the molecule is CC/C=C\C/C=C\C/C=C\C/C=C\C/C=C\C/C=C\C/C=C\C/C=C\C/C=C\C/C=C\CCCCC(=O)OC(COC(=O)CCCCCCCCCCCCCCCCCCCCCCC/C=C\C/C=C\CCCCCCC)COP(=O)(O)OCCN. The number of carbonyl (C=O) groups excluding carboxylic acids is 2. The first-order chi connectivity index (χ1) is 42.8. The van der Waals surface area contributed by atoms with Gasteiger partial charge in [0.15, 0.2) is 6.10 Å². The lowest BCUT2D eigenvalue weighted by Gasteiger charge is -2.19. The molecule has 0 aliphatic rings. The molecule has 0 fully saturated rings. The standard InChI is InChI=1S/C77H130NO8P/c1-3-5-7-9-11-13-15-17-19-21-23-25-27-29-31-33-35-37-39-41-43-45-47-49-51-53-55-57-59-61-63-65-67-69-76(79)83-73-75(74-85-87(81,82)84-72-71-78)86-77(80)70-68-66-64-62-60-58-56-54-52-50-48-46-44-42-40-38-36-34-32-30-28-26-24-22-20-18-16-14-12-10-8-6-4-2/h6,8,12,14-15,17-18,20-21,23-24,26,30,32,36,38,42,44,48,50,54,56,60,62,75H,3-5,7,9-11,13,16,19,22,25,27-29,31,33-35,37,39-41,43,45-47,49,51-53,55,57-59,61,63-74,78H2,1-2H3,(H,81,82)/b8-6-,14-12-,17-15-,20-18-,23-21-,26-24-,32-30-,38-36-,44-42-,50-48-,56-54-,62-60-. The van der Waals surface area contributed by atoms with Gasteiger partial charge in [-0.2, -0.15) is 0 Å². The summed E-state index contributed by atoms with van der Waals surface area (Å²) in [4.78, 5) is 35.3. The van der Waals surface area contributed by atoms with E-state index >= 15 is 0 Å². The van der Waals surface area contributed by atoms with Crippen LogP contribution in [-0.4, -0.2) is 49.3 Å². The van der Waals surface area contributed by atoms with Crippen LogP contribution >= 0.6 is 7.82 Å². The highest BCUT2D eigenvalue weighted by molar-refractivity contribution is 7.47. The molecule has 0 aromatic rings. The first-order valence-corrected chi connectivity index (χ1v) is 36.8. The van der Waals surface area contributed by atoms with E-state index in [1.54, 1.807) is 0 Å². The Bertz CT molecular complexity index is 1940. The number of carbonyl (C=O) groups is 2. The van der Waals surface area contributed by atoms with E-state index in [4.69, 9.17) is 24.3 Å². The number of rotatable bonds is 65. The largest absolute Gasteiger partial charge is 0.472 e. The maximum atomic E-state index is 12.7. The van der Waals surface area contributed by atoms with E-state index in [2.05, 4.69) is 160 Å². The first-order valence-electron chi connectivity index (χ1n) is 35.3. The molecule has 3 N–H and O–H groups in total. The molecule has 0 aromatic heterocycles. The number of esters is 2. The summed E-state index contributed by atoms with van der Waals surface area (Å²) in [5.41, 5.74) is 5.40. The van der Waals surface area contributed by atoms with Gasteiger partial charge in [-0.3, -0.25) is 18.6 Å². The van der Waals surface area contributed by atoms with Crippen LogP contribution in [-0.2, 0) is 32.7 Å². The van der Waals surface area contributed by atoms with Crippen molar-refractivity contribution < 1.29 is 37.6 Å². The Kier molecular flexibility index (Phi) is 67.6. The van der Waals surface area contributed by atoms with Gasteiger partial charge in [-0.15, -0.1) is 0 Å². The second kappa shape index (κ2) is 71.0. The maximum absolute atomic E-state index is 12.7. The number of phosphoric ester groups is 1. The molecule has 9 nitrogen and oxygen atoms in total. The molecule has 0 aromatic carbocycles. The highest BCUT2D eigenvalue weighted by Gasteiger charge is 2.26. The molecule has 0 amide bonds. The van der Waals surface area contributed by atoms with E-state index < -0.39 is 32.5 Å². The minimum absolute atomic E-state index is 0.0396. The molecular weight excluding hydrogens is 1100 g/mol. The van der Waals surface area contributed by atoms with Crippen molar-refractivity contribution in [2.24, 2.45) is 5.73 Å². The lowest BCUT2D eigenvalue weighted by Crippen LogP contribution is -2.29. The number of unbranched alkanes of at least 4 members (excludes halogenated alkanes) is 28. The molecule has 0 spiro atoms. The molecule has 0 heterocycles. The third-order valence-electron chi connectivity index (χ3n) is 14.7. The zero-order valence-electron chi connectivity index (χ0n) is 55.7. The summed E-state index contributed by atoms with van der Waals surface area (Å²) < 4.78 is 33.1. The average molecular weight is 1230 g/mol. The smallest absolute Gasteiger partial charge is 0.462 e. The van der Waals surface area contributed by atoms with Gasteiger partial charge < -0.3 is 20.1 Å². The van der Waals surface area contributed by atoms with Crippen molar-refractivity contribution in [3.8, 4) is 0 Å². The molecule has 2 unspecified atom stereocenters. The van der Waals surface area contributed by atoms with E-state index in [1.807, 2.05) is 0 Å². The molecule has 0 aliphatic heterocycles. The zero-order valence-corrected chi connectivity index (χ0v) is 56.6. The third kappa shape index (κ3) is 70.8. The van der Waals surface area contributed by atoms with Crippen molar-refractivity contribution in [2.45, 2.75) is 302 Å². The summed E-state index contributed by atoms with van der Waals surface area (Å²) in [6.45, 7) is 3.58. The fourth-order valence-electron chi connectivity index (χ4n) is 9.52. The number of allylic oxidation sites excluding steroid dienone is 24. The Labute approximate surface area is 535 Å². The zero-order chi connectivity index (χ0) is 63.0. The summed E-state index contributed by atoms with van der Waals surface area (Å²) >= 11 is 0. The van der Waals surface area contributed by atoms with Crippen molar-refractivity contribution >= 4 is 19.8 Å². The Morgan fingerprint density at radius 1 is 0.356 bits per heavy atom. The van der Waals surface area contributed by atoms with Crippen molar-refractivity contribution in [3.05, 3.63) is 146 Å². The molecule has 87 heavy (non-hydrogen) atoms. The van der Waals surface area contributed by atoms with Crippen molar-refractivity contribution in [3.63, 3.8) is 0 Å². The highest BCUT2D eigenvalue weighted by atomic mass is 31.2. The second-order valence-corrected chi connectivity index (χ2v) is 24.5. The minimum Gasteiger partial charge on any atom is -0.462 e. The van der Waals surface area contributed by atoms with Gasteiger partial charge in [0.25, 0.3) is 0 Å². The van der Waals surface area contributed by atoms with Crippen LogP contribution in [0.15, 0.2) is 146 Å². The monoisotopic (exact) mass is 1230 g/mol.